The van der Waals surface area contributed by atoms with E-state index >= 15 is 0 Å². The fraction of sp³-hybridized carbons (Fsp3) is 0.281. The molecular formula is C32H33FN6O. The number of imidazole rings is 1. The number of nitrogens with zero attached hydrogens (tertiary/aromatic N) is 5. The maximum absolute atomic E-state index is 13.8. The fourth-order valence-electron chi connectivity index (χ4n) is 5.33. The van der Waals surface area contributed by atoms with Crippen molar-refractivity contribution in [2.45, 2.75) is 38.5 Å². The van der Waals surface area contributed by atoms with Crippen LogP contribution in [0.3, 0.4) is 0 Å². The molecule has 2 unspecified atom stereocenters. The Morgan fingerprint density at radius 3 is 2.67 bits per heavy atom. The molecule has 1 aliphatic heterocycles. The Balaban J connectivity index is 1.35. The van der Waals surface area contributed by atoms with E-state index in [1.54, 1.807) is 18.3 Å². The normalized spacial score (nSPS) is 16.1. The standard InChI is InChI=1S/C32H33FN6O/c1-22(24-7-4-3-5-8-24)35-32-34-16-14-28(36-32)31-30(25-10-12-26(33)13-11-25)37-29-19-23(15-17-39(29)31)20-38(2)21-27-9-6-18-40-27/h3-5,7-8,10-17,19,22,27H,6,9,18,20-21H2,1-2H3,(H,34,35,36). The molecule has 0 aliphatic carbocycles. The van der Waals surface area contributed by atoms with Gasteiger partial charge in [-0.25, -0.2) is 19.3 Å². The zero-order valence-electron chi connectivity index (χ0n) is 22.8. The Bertz CT molecular complexity index is 1580. The number of pyridine rings is 1. The first-order chi connectivity index (χ1) is 19.5. The van der Waals surface area contributed by atoms with Crippen LogP contribution < -0.4 is 5.32 Å². The second-order valence-electron chi connectivity index (χ2n) is 10.5. The van der Waals surface area contributed by atoms with Gasteiger partial charge in [-0.1, -0.05) is 30.3 Å². The van der Waals surface area contributed by atoms with Gasteiger partial charge in [0, 0.05) is 37.7 Å². The van der Waals surface area contributed by atoms with Gasteiger partial charge in [-0.2, -0.15) is 0 Å². The first-order valence-electron chi connectivity index (χ1n) is 13.8. The minimum atomic E-state index is -0.283. The number of hydrogen-bond acceptors (Lipinski definition) is 6. The second-order valence-corrected chi connectivity index (χ2v) is 10.5. The monoisotopic (exact) mass is 536 g/mol. The van der Waals surface area contributed by atoms with E-state index in [0.29, 0.717) is 12.1 Å². The van der Waals surface area contributed by atoms with Gasteiger partial charge in [0.25, 0.3) is 0 Å². The van der Waals surface area contributed by atoms with Crippen LogP contribution in [0.5, 0.6) is 0 Å². The van der Waals surface area contributed by atoms with E-state index in [1.165, 1.54) is 12.1 Å². The van der Waals surface area contributed by atoms with Crippen LogP contribution in [-0.4, -0.2) is 50.6 Å². The van der Waals surface area contributed by atoms with Gasteiger partial charge >= 0.3 is 0 Å². The molecule has 0 spiro atoms. The number of ether oxygens (including phenoxy) is 1. The average molecular weight is 537 g/mol. The van der Waals surface area contributed by atoms with E-state index in [9.17, 15) is 4.39 Å². The van der Waals surface area contributed by atoms with Crippen molar-refractivity contribution < 1.29 is 9.13 Å². The van der Waals surface area contributed by atoms with E-state index in [0.717, 1.165) is 72.0 Å². The Kier molecular flexibility index (Phi) is 7.53. The molecule has 2 aromatic carbocycles. The summed E-state index contributed by atoms with van der Waals surface area (Å²) in [6.07, 6.45) is 6.36. The van der Waals surface area contributed by atoms with Gasteiger partial charge < -0.3 is 10.1 Å². The van der Waals surface area contributed by atoms with Gasteiger partial charge in [-0.05, 0) is 80.4 Å². The number of fused-ring (bicyclic) bond motifs is 1. The van der Waals surface area contributed by atoms with Crippen molar-refractivity contribution in [2.75, 3.05) is 25.5 Å². The average Bonchev–Trinajstić information content (AvgIpc) is 3.61. The smallest absolute Gasteiger partial charge is 0.223 e. The zero-order valence-corrected chi connectivity index (χ0v) is 22.8. The van der Waals surface area contributed by atoms with Crippen LogP contribution in [-0.2, 0) is 11.3 Å². The van der Waals surface area contributed by atoms with Crippen LogP contribution in [0.25, 0.3) is 28.3 Å². The predicted molar refractivity (Wildman–Crippen MR) is 155 cm³/mol. The maximum atomic E-state index is 13.8. The second kappa shape index (κ2) is 11.5. The van der Waals surface area contributed by atoms with Gasteiger partial charge in [0.05, 0.1) is 29.2 Å². The summed E-state index contributed by atoms with van der Waals surface area (Å²) < 4.78 is 21.7. The third-order valence-corrected chi connectivity index (χ3v) is 7.34. The van der Waals surface area contributed by atoms with Gasteiger partial charge in [0.15, 0.2) is 0 Å². The molecule has 204 valence electrons. The highest BCUT2D eigenvalue weighted by Gasteiger charge is 2.20. The minimum absolute atomic E-state index is 0.0318. The molecule has 8 heteroatoms. The molecule has 0 radical (unpaired) electrons. The molecule has 7 nitrogen and oxygen atoms in total. The molecule has 1 saturated heterocycles. The molecule has 5 aromatic rings. The molecule has 2 atom stereocenters. The van der Waals surface area contributed by atoms with Gasteiger partial charge in [0.2, 0.25) is 5.95 Å². The SMILES string of the molecule is CC(Nc1nccc(-c2c(-c3ccc(F)cc3)nc3cc(CN(C)CC4CCCO4)ccn23)n1)c1ccccc1. The molecule has 6 rings (SSSR count). The van der Waals surface area contributed by atoms with Crippen LogP contribution in [0.1, 0.15) is 36.9 Å². The van der Waals surface area contributed by atoms with E-state index in [1.807, 2.05) is 30.5 Å². The van der Waals surface area contributed by atoms with Gasteiger partial charge in [-0.15, -0.1) is 0 Å². The number of aromatic nitrogens is 4. The highest BCUT2D eigenvalue weighted by molar-refractivity contribution is 5.80. The molecule has 1 N–H and O–H groups in total. The third kappa shape index (κ3) is 5.73. The van der Waals surface area contributed by atoms with Crippen molar-refractivity contribution in [3.05, 3.63) is 102 Å². The number of anilines is 1. The molecule has 3 aromatic heterocycles. The molecule has 40 heavy (non-hydrogen) atoms. The summed E-state index contributed by atoms with van der Waals surface area (Å²) in [5.74, 6) is 0.246. The number of rotatable bonds is 9. The molecule has 0 saturated carbocycles. The lowest BCUT2D eigenvalue weighted by molar-refractivity contribution is 0.0793. The molecule has 1 aliphatic rings. The van der Waals surface area contributed by atoms with Crippen molar-refractivity contribution in [1.82, 2.24) is 24.3 Å². The summed E-state index contributed by atoms with van der Waals surface area (Å²) in [7, 11) is 2.12. The van der Waals surface area contributed by atoms with Gasteiger partial charge in [0.1, 0.15) is 11.5 Å². The first kappa shape index (κ1) is 26.1. The lowest BCUT2D eigenvalue weighted by atomic mass is 10.1. The van der Waals surface area contributed by atoms with Crippen LogP contribution >= 0.6 is 0 Å². The highest BCUT2D eigenvalue weighted by Crippen LogP contribution is 2.33. The van der Waals surface area contributed by atoms with Crippen molar-refractivity contribution in [3.8, 4) is 22.6 Å². The predicted octanol–water partition coefficient (Wildman–Crippen LogP) is 6.38. The molecule has 0 amide bonds. The van der Waals surface area contributed by atoms with Crippen molar-refractivity contribution >= 4 is 11.6 Å². The Morgan fingerprint density at radius 2 is 1.90 bits per heavy atom. The molecule has 1 fully saturated rings. The number of hydrogen-bond donors (Lipinski definition) is 1. The largest absolute Gasteiger partial charge is 0.377 e. The third-order valence-electron chi connectivity index (χ3n) is 7.34. The molecule has 4 heterocycles. The lowest BCUT2D eigenvalue weighted by Crippen LogP contribution is -2.28. The number of benzene rings is 2. The summed E-state index contributed by atoms with van der Waals surface area (Å²) >= 11 is 0. The maximum Gasteiger partial charge on any atom is 0.223 e. The summed E-state index contributed by atoms with van der Waals surface area (Å²) in [6, 6.07) is 22.8. The van der Waals surface area contributed by atoms with Crippen LogP contribution in [0.4, 0.5) is 10.3 Å². The first-order valence-corrected chi connectivity index (χ1v) is 13.8. The Morgan fingerprint density at radius 1 is 1.07 bits per heavy atom. The summed E-state index contributed by atoms with van der Waals surface area (Å²) in [6.45, 7) is 4.65. The number of likely N-dealkylation sites (N-methyl/N-ethyl adjacent to an activating group) is 1. The Hall–Kier alpha value is -4.14. The van der Waals surface area contributed by atoms with E-state index in [2.05, 4.69) is 57.8 Å². The van der Waals surface area contributed by atoms with Gasteiger partial charge in [-0.3, -0.25) is 9.30 Å². The summed E-state index contributed by atoms with van der Waals surface area (Å²) in [4.78, 5) is 16.7. The zero-order chi connectivity index (χ0) is 27.5. The molecule has 0 bridgehead atoms. The molecular weight excluding hydrogens is 503 g/mol. The van der Waals surface area contributed by atoms with Crippen LogP contribution in [0, 0.1) is 5.82 Å². The van der Waals surface area contributed by atoms with Crippen molar-refractivity contribution in [2.24, 2.45) is 0 Å². The Labute approximate surface area is 233 Å². The van der Waals surface area contributed by atoms with E-state index in [4.69, 9.17) is 14.7 Å². The topological polar surface area (TPSA) is 67.6 Å². The fourth-order valence-corrected chi connectivity index (χ4v) is 5.33. The summed E-state index contributed by atoms with van der Waals surface area (Å²) in [5.41, 5.74) is 6.25. The van der Waals surface area contributed by atoms with Crippen LogP contribution in [0.15, 0.2) is 85.2 Å². The quantitative estimate of drug-likeness (QED) is 0.236. The van der Waals surface area contributed by atoms with E-state index in [-0.39, 0.29) is 11.9 Å². The summed E-state index contributed by atoms with van der Waals surface area (Å²) in [5, 5.41) is 3.42. The van der Waals surface area contributed by atoms with Crippen molar-refractivity contribution in [3.63, 3.8) is 0 Å². The highest BCUT2D eigenvalue weighted by atomic mass is 19.1. The minimum Gasteiger partial charge on any atom is -0.377 e. The van der Waals surface area contributed by atoms with Crippen molar-refractivity contribution in [1.29, 1.82) is 0 Å². The number of halogens is 1. The van der Waals surface area contributed by atoms with Crippen LogP contribution in [0.2, 0.25) is 0 Å². The van der Waals surface area contributed by atoms with E-state index < -0.39 is 0 Å². The lowest BCUT2D eigenvalue weighted by Gasteiger charge is -2.20. The number of nitrogens with one attached hydrogen (secondary N) is 1.